The molecule has 1 heterocycles. The van der Waals surface area contributed by atoms with E-state index < -0.39 is 6.04 Å². The van der Waals surface area contributed by atoms with Gasteiger partial charge in [-0.15, -0.1) is 0 Å². The lowest BCUT2D eigenvalue weighted by Crippen LogP contribution is -2.41. The normalized spacial score (nSPS) is 11.5. The molecule has 218 valence electrons. The van der Waals surface area contributed by atoms with Gasteiger partial charge < -0.3 is 19.9 Å². The Labute approximate surface area is 249 Å². The van der Waals surface area contributed by atoms with Gasteiger partial charge in [0.25, 0.3) is 5.91 Å². The minimum Gasteiger partial charge on any atom is -0.497 e. The Hall–Kier alpha value is -4.44. The number of anilines is 2. The average Bonchev–Trinajstić information content (AvgIpc) is 2.96. The standard InChI is InChI=1S/C32H34FN5O3S/c1-21-18-22(2)35-32(34-21)42-20-29(39)38(19-23-6-10-25(33)11-7-23)30(24-8-16-28(41-5)17-9-24)31(40)36-26-12-14-27(15-13-26)37(3)4/h6-18,30H,19-20H2,1-5H3,(H,36,40). The smallest absolute Gasteiger partial charge is 0.251 e. The molecule has 42 heavy (non-hydrogen) atoms. The highest BCUT2D eigenvalue weighted by molar-refractivity contribution is 7.99. The van der Waals surface area contributed by atoms with Gasteiger partial charge in [0.1, 0.15) is 17.6 Å². The molecule has 1 atom stereocenters. The molecule has 10 heteroatoms. The number of carbonyl (C=O) groups is 2. The number of hydrogen-bond acceptors (Lipinski definition) is 7. The molecule has 0 radical (unpaired) electrons. The number of aryl methyl sites for hydroxylation is 2. The zero-order chi connectivity index (χ0) is 30.2. The van der Waals surface area contributed by atoms with E-state index >= 15 is 0 Å². The van der Waals surface area contributed by atoms with Crippen LogP contribution in [0.25, 0.3) is 0 Å². The second kappa shape index (κ2) is 14.0. The van der Waals surface area contributed by atoms with E-state index in [1.54, 1.807) is 43.5 Å². The first-order valence-corrected chi connectivity index (χ1v) is 14.3. The van der Waals surface area contributed by atoms with E-state index in [0.717, 1.165) is 17.1 Å². The van der Waals surface area contributed by atoms with Crippen molar-refractivity contribution in [3.63, 3.8) is 0 Å². The van der Waals surface area contributed by atoms with Gasteiger partial charge in [-0.1, -0.05) is 36.0 Å². The predicted molar refractivity (Wildman–Crippen MR) is 164 cm³/mol. The van der Waals surface area contributed by atoms with Crippen LogP contribution in [0.1, 0.15) is 28.6 Å². The maximum absolute atomic E-state index is 14.0. The van der Waals surface area contributed by atoms with Crippen LogP contribution in [-0.2, 0) is 16.1 Å². The number of aromatic nitrogens is 2. The third-order valence-electron chi connectivity index (χ3n) is 6.52. The summed E-state index contributed by atoms with van der Waals surface area (Å²) in [5.74, 6) is -0.450. The number of nitrogens with one attached hydrogen (secondary N) is 1. The van der Waals surface area contributed by atoms with E-state index in [1.807, 2.05) is 63.2 Å². The van der Waals surface area contributed by atoms with Crippen LogP contribution < -0.4 is 15.0 Å². The SMILES string of the molecule is COc1ccc(C(C(=O)Nc2ccc(N(C)C)cc2)N(Cc2ccc(F)cc2)C(=O)CSc2nc(C)cc(C)n2)cc1. The summed E-state index contributed by atoms with van der Waals surface area (Å²) in [6.45, 7) is 3.82. The number of hydrogen-bond donors (Lipinski definition) is 1. The van der Waals surface area contributed by atoms with E-state index in [0.29, 0.717) is 27.7 Å². The van der Waals surface area contributed by atoms with Gasteiger partial charge in [-0.3, -0.25) is 9.59 Å². The molecule has 0 saturated heterocycles. The molecule has 0 fully saturated rings. The van der Waals surface area contributed by atoms with Crippen LogP contribution in [0.2, 0.25) is 0 Å². The molecular weight excluding hydrogens is 553 g/mol. The monoisotopic (exact) mass is 587 g/mol. The van der Waals surface area contributed by atoms with E-state index in [-0.39, 0.29) is 29.9 Å². The molecular formula is C32H34FN5O3S. The van der Waals surface area contributed by atoms with Crippen molar-refractivity contribution in [2.75, 3.05) is 37.2 Å². The number of amides is 2. The quantitative estimate of drug-likeness (QED) is 0.175. The van der Waals surface area contributed by atoms with Crippen LogP contribution in [0, 0.1) is 19.7 Å². The summed E-state index contributed by atoms with van der Waals surface area (Å²) < 4.78 is 19.0. The average molecular weight is 588 g/mol. The Balaban J connectivity index is 1.70. The zero-order valence-corrected chi connectivity index (χ0v) is 25.1. The van der Waals surface area contributed by atoms with Crippen molar-refractivity contribution >= 4 is 35.0 Å². The zero-order valence-electron chi connectivity index (χ0n) is 24.3. The van der Waals surface area contributed by atoms with Crippen molar-refractivity contribution < 1.29 is 18.7 Å². The summed E-state index contributed by atoms with van der Waals surface area (Å²) in [5.41, 5.74) is 4.46. The van der Waals surface area contributed by atoms with E-state index in [1.165, 1.54) is 28.8 Å². The summed E-state index contributed by atoms with van der Waals surface area (Å²) >= 11 is 1.21. The van der Waals surface area contributed by atoms with E-state index in [2.05, 4.69) is 15.3 Å². The first-order valence-electron chi connectivity index (χ1n) is 13.3. The lowest BCUT2D eigenvalue weighted by Gasteiger charge is -2.31. The van der Waals surface area contributed by atoms with Gasteiger partial charge in [0, 0.05) is 43.4 Å². The molecule has 3 aromatic carbocycles. The van der Waals surface area contributed by atoms with Gasteiger partial charge in [-0.2, -0.15) is 0 Å². The van der Waals surface area contributed by atoms with E-state index in [4.69, 9.17) is 4.74 Å². The second-order valence-corrected chi connectivity index (χ2v) is 10.9. The molecule has 8 nitrogen and oxygen atoms in total. The summed E-state index contributed by atoms with van der Waals surface area (Å²) in [4.78, 5) is 40.3. The molecule has 0 saturated carbocycles. The number of carbonyl (C=O) groups excluding carboxylic acids is 2. The highest BCUT2D eigenvalue weighted by Crippen LogP contribution is 2.29. The number of thioether (sulfide) groups is 1. The molecule has 0 bridgehead atoms. The highest BCUT2D eigenvalue weighted by atomic mass is 32.2. The Morgan fingerprint density at radius 1 is 0.929 bits per heavy atom. The summed E-state index contributed by atoms with van der Waals surface area (Å²) in [5, 5.41) is 3.46. The van der Waals surface area contributed by atoms with Crippen molar-refractivity contribution in [2.24, 2.45) is 0 Å². The van der Waals surface area contributed by atoms with Crippen LogP contribution >= 0.6 is 11.8 Å². The van der Waals surface area contributed by atoms with Crippen LogP contribution in [0.3, 0.4) is 0 Å². The van der Waals surface area contributed by atoms with Gasteiger partial charge in [0.15, 0.2) is 5.16 Å². The van der Waals surface area contributed by atoms with Gasteiger partial charge in [0.05, 0.1) is 12.9 Å². The number of methoxy groups -OCH3 is 1. The van der Waals surface area contributed by atoms with Crippen molar-refractivity contribution in [1.29, 1.82) is 0 Å². The highest BCUT2D eigenvalue weighted by Gasteiger charge is 2.32. The van der Waals surface area contributed by atoms with Gasteiger partial charge in [-0.05, 0) is 79.6 Å². The summed E-state index contributed by atoms with van der Waals surface area (Å²) in [6.07, 6.45) is 0. The van der Waals surface area contributed by atoms with Gasteiger partial charge in [-0.25, -0.2) is 14.4 Å². The molecule has 1 N–H and O–H groups in total. The second-order valence-electron chi connectivity index (χ2n) is 9.98. The molecule has 1 unspecified atom stereocenters. The van der Waals surface area contributed by atoms with Gasteiger partial charge in [0.2, 0.25) is 5.91 Å². The third-order valence-corrected chi connectivity index (χ3v) is 7.35. The number of halogens is 1. The van der Waals surface area contributed by atoms with Crippen molar-refractivity contribution in [2.45, 2.75) is 31.6 Å². The van der Waals surface area contributed by atoms with Crippen molar-refractivity contribution in [1.82, 2.24) is 14.9 Å². The third kappa shape index (κ3) is 8.07. The Morgan fingerprint density at radius 3 is 2.12 bits per heavy atom. The van der Waals surface area contributed by atoms with Crippen LogP contribution in [-0.4, -0.2) is 53.6 Å². The van der Waals surface area contributed by atoms with Crippen molar-refractivity contribution in [3.8, 4) is 5.75 Å². The largest absolute Gasteiger partial charge is 0.497 e. The topological polar surface area (TPSA) is 87.7 Å². The first kappa shape index (κ1) is 30.5. The van der Waals surface area contributed by atoms with Crippen molar-refractivity contribution in [3.05, 3.63) is 107 Å². The maximum Gasteiger partial charge on any atom is 0.251 e. The fraction of sp³-hybridized carbons (Fsp3) is 0.250. The fourth-order valence-corrected chi connectivity index (χ4v) is 5.23. The number of nitrogens with zero attached hydrogens (tertiary/aromatic N) is 4. The molecule has 0 spiro atoms. The minimum absolute atomic E-state index is 0.00154. The first-order chi connectivity index (χ1) is 20.1. The molecule has 4 rings (SSSR count). The van der Waals surface area contributed by atoms with Crippen LogP contribution in [0.15, 0.2) is 84.0 Å². The predicted octanol–water partition coefficient (Wildman–Crippen LogP) is 5.81. The number of benzene rings is 3. The Kier molecular flexibility index (Phi) is 10.1. The number of ether oxygens (including phenoxy) is 1. The van der Waals surface area contributed by atoms with Gasteiger partial charge >= 0.3 is 0 Å². The molecule has 0 aliphatic carbocycles. The molecule has 4 aromatic rings. The molecule has 1 aromatic heterocycles. The molecule has 0 aliphatic heterocycles. The fourth-order valence-electron chi connectivity index (χ4n) is 4.39. The van der Waals surface area contributed by atoms with Crippen LogP contribution in [0.5, 0.6) is 5.75 Å². The lowest BCUT2D eigenvalue weighted by atomic mass is 10.0. The van der Waals surface area contributed by atoms with Crippen LogP contribution in [0.4, 0.5) is 15.8 Å². The minimum atomic E-state index is -0.997. The summed E-state index contributed by atoms with van der Waals surface area (Å²) in [7, 11) is 5.44. The Bertz CT molecular complexity index is 1490. The number of rotatable bonds is 11. The molecule has 2 amide bonds. The van der Waals surface area contributed by atoms with E-state index in [9.17, 15) is 14.0 Å². The molecule has 0 aliphatic rings. The Morgan fingerprint density at radius 2 is 1.55 bits per heavy atom. The maximum atomic E-state index is 14.0. The summed E-state index contributed by atoms with van der Waals surface area (Å²) in [6, 6.07) is 21.2. The lowest BCUT2D eigenvalue weighted by molar-refractivity contribution is -0.137.